The number of thiophene rings is 1. The molecule has 136 valence electrons. The van der Waals surface area contributed by atoms with Gasteiger partial charge < -0.3 is 11.1 Å². The number of rotatable bonds is 5. The number of carbonyl (C=O) groups excluding carboxylic acids is 1. The lowest BCUT2D eigenvalue weighted by molar-refractivity contribution is 0.0956. The molecule has 0 radical (unpaired) electrons. The predicted octanol–water partition coefficient (Wildman–Crippen LogP) is 4.19. The largest absolute Gasteiger partial charge is 0.382 e. The second-order valence-corrected chi connectivity index (χ2v) is 8.12. The predicted molar refractivity (Wildman–Crippen MR) is 115 cm³/mol. The molecule has 3 N–H and O–H groups in total. The molecule has 0 spiro atoms. The zero-order chi connectivity index (χ0) is 18.8. The second kappa shape index (κ2) is 7.54. The minimum atomic E-state index is -0.0445. The first kappa shape index (κ1) is 17.8. The number of nitrogens with two attached hydrogens (primary N) is 1. The highest BCUT2D eigenvalue weighted by atomic mass is 32.2. The lowest BCUT2D eigenvalue weighted by Crippen LogP contribution is -2.25. The molecule has 4 aromatic rings. The highest BCUT2D eigenvalue weighted by Crippen LogP contribution is 2.37. The van der Waals surface area contributed by atoms with E-state index >= 15 is 0 Å². The monoisotopic (exact) mass is 394 g/mol. The maximum absolute atomic E-state index is 12.3. The van der Waals surface area contributed by atoms with Gasteiger partial charge in [-0.1, -0.05) is 24.3 Å². The zero-order valence-corrected chi connectivity index (χ0v) is 16.4. The Balaban J connectivity index is 1.70. The molecule has 0 saturated carbocycles. The van der Waals surface area contributed by atoms with Gasteiger partial charge in [0.1, 0.15) is 12.1 Å². The van der Waals surface area contributed by atoms with E-state index < -0.39 is 0 Å². The number of nitrogen functional groups attached to an aromatic ring is 1. The summed E-state index contributed by atoms with van der Waals surface area (Å²) in [7, 11) is 0. The number of amides is 1. The third kappa shape index (κ3) is 3.48. The van der Waals surface area contributed by atoms with Crippen LogP contribution in [0.1, 0.15) is 10.4 Å². The first-order valence-electron chi connectivity index (χ1n) is 8.47. The Labute approximate surface area is 165 Å². The molecule has 2 aromatic heterocycles. The van der Waals surface area contributed by atoms with E-state index in [0.29, 0.717) is 17.9 Å². The lowest BCUT2D eigenvalue weighted by atomic mass is 10.0. The summed E-state index contributed by atoms with van der Waals surface area (Å²) in [6.07, 6.45) is 3.52. The van der Waals surface area contributed by atoms with Crippen LogP contribution in [-0.2, 0) is 0 Å². The summed E-state index contributed by atoms with van der Waals surface area (Å²) in [5.74, 6) is 1.36. The number of nitrogens with one attached hydrogen (secondary N) is 1. The molecule has 7 heteroatoms. The van der Waals surface area contributed by atoms with Crippen molar-refractivity contribution >= 4 is 55.1 Å². The van der Waals surface area contributed by atoms with E-state index in [4.69, 9.17) is 5.73 Å². The Morgan fingerprint density at radius 1 is 1.19 bits per heavy atom. The summed E-state index contributed by atoms with van der Waals surface area (Å²) >= 11 is 3.30. The molecule has 0 aliphatic carbocycles. The summed E-state index contributed by atoms with van der Waals surface area (Å²) in [5.41, 5.74) is 9.60. The van der Waals surface area contributed by atoms with Gasteiger partial charge >= 0.3 is 0 Å². The zero-order valence-electron chi connectivity index (χ0n) is 14.7. The van der Waals surface area contributed by atoms with Crippen molar-refractivity contribution in [2.45, 2.75) is 0 Å². The molecule has 2 heterocycles. The van der Waals surface area contributed by atoms with Crippen LogP contribution in [0.5, 0.6) is 0 Å². The van der Waals surface area contributed by atoms with Gasteiger partial charge in [-0.3, -0.25) is 4.79 Å². The highest BCUT2D eigenvalue weighted by molar-refractivity contribution is 7.98. The smallest absolute Gasteiger partial charge is 0.251 e. The molecule has 0 unspecified atom stereocenters. The van der Waals surface area contributed by atoms with E-state index in [0.717, 1.165) is 37.2 Å². The van der Waals surface area contributed by atoms with Gasteiger partial charge in [-0.2, -0.15) is 11.8 Å². The van der Waals surface area contributed by atoms with E-state index in [9.17, 15) is 4.79 Å². The third-order valence-corrected chi connectivity index (χ3v) is 6.11. The molecule has 0 fully saturated rings. The average Bonchev–Trinajstić information content (AvgIpc) is 3.07. The first-order valence-corrected chi connectivity index (χ1v) is 10.7. The van der Waals surface area contributed by atoms with Gasteiger partial charge in [0.2, 0.25) is 0 Å². The number of anilines is 1. The van der Waals surface area contributed by atoms with Gasteiger partial charge in [0.25, 0.3) is 5.91 Å². The standard InChI is InChI=1S/C20H18N4OS2/c1-26-8-7-22-20(25)14-4-2-3-12(9-14)13-5-6-15-16(10-13)27-18-17(15)23-11-24-19(18)21/h2-6,9-11H,7-8H2,1H3,(H,22,25)(H2,21,23,24). The maximum atomic E-state index is 12.3. The molecule has 0 atom stereocenters. The molecular formula is C20H18N4OS2. The van der Waals surface area contributed by atoms with E-state index in [2.05, 4.69) is 33.5 Å². The molecule has 0 saturated heterocycles. The maximum Gasteiger partial charge on any atom is 0.251 e. The molecule has 4 rings (SSSR count). The summed E-state index contributed by atoms with van der Waals surface area (Å²) in [6.45, 7) is 0.667. The SMILES string of the molecule is CSCCNC(=O)c1cccc(-c2ccc3c(c2)sc2c(N)ncnc23)c1. The van der Waals surface area contributed by atoms with Crippen LogP contribution in [0, 0.1) is 0 Å². The molecular weight excluding hydrogens is 376 g/mol. The molecule has 2 aromatic carbocycles. The third-order valence-electron chi connectivity index (χ3n) is 4.33. The van der Waals surface area contributed by atoms with Crippen LogP contribution in [-0.4, -0.2) is 34.4 Å². The summed E-state index contributed by atoms with van der Waals surface area (Å²) in [4.78, 5) is 20.8. The number of hydrogen-bond acceptors (Lipinski definition) is 6. The molecule has 0 aliphatic heterocycles. The van der Waals surface area contributed by atoms with Crippen LogP contribution in [0.3, 0.4) is 0 Å². The van der Waals surface area contributed by atoms with Crippen LogP contribution < -0.4 is 11.1 Å². The van der Waals surface area contributed by atoms with Gasteiger partial charge in [-0.05, 0) is 35.6 Å². The van der Waals surface area contributed by atoms with Crippen molar-refractivity contribution in [3.8, 4) is 11.1 Å². The normalized spacial score (nSPS) is 11.1. The number of hydrogen-bond donors (Lipinski definition) is 2. The van der Waals surface area contributed by atoms with Crippen LogP contribution in [0.4, 0.5) is 5.82 Å². The van der Waals surface area contributed by atoms with Crippen LogP contribution in [0.15, 0.2) is 48.8 Å². The van der Waals surface area contributed by atoms with Crippen LogP contribution in [0.2, 0.25) is 0 Å². The Morgan fingerprint density at radius 2 is 2.04 bits per heavy atom. The van der Waals surface area contributed by atoms with Crippen molar-refractivity contribution in [3.63, 3.8) is 0 Å². The van der Waals surface area contributed by atoms with E-state index in [1.165, 1.54) is 6.33 Å². The fraction of sp³-hybridized carbons (Fsp3) is 0.150. The summed E-state index contributed by atoms with van der Waals surface area (Å²) < 4.78 is 2.01. The number of fused-ring (bicyclic) bond motifs is 3. The van der Waals surface area contributed by atoms with Gasteiger partial charge in [0.05, 0.1) is 10.2 Å². The molecule has 5 nitrogen and oxygen atoms in total. The Bertz CT molecular complexity index is 1140. The highest BCUT2D eigenvalue weighted by Gasteiger charge is 2.11. The molecule has 27 heavy (non-hydrogen) atoms. The van der Waals surface area contributed by atoms with Crippen molar-refractivity contribution in [2.75, 3.05) is 24.3 Å². The number of nitrogens with zero attached hydrogens (tertiary/aromatic N) is 2. The van der Waals surface area contributed by atoms with Gasteiger partial charge in [-0.25, -0.2) is 9.97 Å². The number of aromatic nitrogens is 2. The molecule has 0 aliphatic rings. The van der Waals surface area contributed by atoms with Gasteiger partial charge in [0.15, 0.2) is 0 Å². The van der Waals surface area contributed by atoms with Gasteiger partial charge in [-0.15, -0.1) is 11.3 Å². The van der Waals surface area contributed by atoms with Crippen molar-refractivity contribution in [2.24, 2.45) is 0 Å². The summed E-state index contributed by atoms with van der Waals surface area (Å²) in [6, 6.07) is 13.9. The topological polar surface area (TPSA) is 80.9 Å². The molecule has 1 amide bonds. The van der Waals surface area contributed by atoms with Crippen LogP contribution in [0.25, 0.3) is 31.4 Å². The Morgan fingerprint density at radius 3 is 2.89 bits per heavy atom. The lowest BCUT2D eigenvalue weighted by Gasteiger charge is -2.07. The van der Waals surface area contributed by atoms with Crippen molar-refractivity contribution < 1.29 is 4.79 Å². The summed E-state index contributed by atoms with van der Waals surface area (Å²) in [5, 5.41) is 4.01. The van der Waals surface area contributed by atoms with Crippen molar-refractivity contribution in [3.05, 3.63) is 54.4 Å². The van der Waals surface area contributed by atoms with Crippen molar-refractivity contribution in [1.29, 1.82) is 0 Å². The van der Waals surface area contributed by atoms with E-state index in [1.807, 2.05) is 30.5 Å². The minimum Gasteiger partial charge on any atom is -0.382 e. The van der Waals surface area contributed by atoms with E-state index in [-0.39, 0.29) is 5.91 Å². The number of carbonyl (C=O) groups is 1. The van der Waals surface area contributed by atoms with Crippen LogP contribution >= 0.6 is 23.1 Å². The van der Waals surface area contributed by atoms with Gasteiger partial charge in [0, 0.05) is 27.9 Å². The first-order chi connectivity index (χ1) is 13.2. The Kier molecular flexibility index (Phi) is 4.96. The van der Waals surface area contributed by atoms with E-state index in [1.54, 1.807) is 23.1 Å². The number of thioether (sulfide) groups is 1. The fourth-order valence-corrected chi connectivity index (χ4v) is 4.38. The average molecular weight is 395 g/mol. The fourth-order valence-electron chi connectivity index (χ4n) is 2.98. The quantitative estimate of drug-likeness (QED) is 0.496. The minimum absolute atomic E-state index is 0.0445. The molecule has 0 bridgehead atoms. The number of benzene rings is 2. The van der Waals surface area contributed by atoms with Crippen molar-refractivity contribution in [1.82, 2.24) is 15.3 Å². The second-order valence-electron chi connectivity index (χ2n) is 6.08. The Hall–Kier alpha value is -2.64.